The van der Waals surface area contributed by atoms with Crippen molar-refractivity contribution in [1.29, 1.82) is 0 Å². The maximum absolute atomic E-state index is 14.5. The first-order valence-electron chi connectivity index (χ1n) is 9.81. The molecule has 5 nitrogen and oxygen atoms in total. The Morgan fingerprint density at radius 2 is 2.07 bits per heavy atom. The molecule has 1 saturated heterocycles. The van der Waals surface area contributed by atoms with E-state index >= 15 is 0 Å². The smallest absolute Gasteiger partial charge is 0.340 e. The average molecular weight is 384 g/mol. The molecular weight excluding hydrogens is 359 g/mol. The third kappa shape index (κ3) is 3.96. The summed E-state index contributed by atoms with van der Waals surface area (Å²) in [5, 5.41) is 0. The van der Waals surface area contributed by atoms with E-state index in [9.17, 15) is 9.18 Å². The van der Waals surface area contributed by atoms with E-state index in [0.717, 1.165) is 49.2 Å². The molecule has 148 valence electrons. The predicted octanol–water partition coefficient (Wildman–Crippen LogP) is 4.24. The molecule has 28 heavy (non-hydrogen) atoms. The van der Waals surface area contributed by atoms with Crippen molar-refractivity contribution in [1.82, 2.24) is 4.98 Å². The van der Waals surface area contributed by atoms with Crippen molar-refractivity contribution in [3.8, 4) is 5.75 Å². The molecule has 1 aromatic carbocycles. The highest BCUT2D eigenvalue weighted by molar-refractivity contribution is 5.90. The summed E-state index contributed by atoms with van der Waals surface area (Å²) in [6, 6.07) is 7.04. The van der Waals surface area contributed by atoms with Crippen LogP contribution in [0, 0.1) is 12.7 Å². The van der Waals surface area contributed by atoms with E-state index in [1.807, 2.05) is 19.2 Å². The SMILES string of the molecule is COC(=O)c1cc(C2CC2)c(O[C@@H]2CCCN(c3ccc(C)cn3)C2)cc1F. The third-order valence-corrected chi connectivity index (χ3v) is 5.41. The summed E-state index contributed by atoms with van der Waals surface area (Å²) < 4.78 is 25.4. The van der Waals surface area contributed by atoms with Gasteiger partial charge >= 0.3 is 5.97 Å². The number of hydrogen-bond acceptors (Lipinski definition) is 5. The van der Waals surface area contributed by atoms with E-state index in [0.29, 0.717) is 18.2 Å². The lowest BCUT2D eigenvalue weighted by Gasteiger charge is -2.34. The Bertz CT molecular complexity index is 865. The van der Waals surface area contributed by atoms with Gasteiger partial charge in [-0.15, -0.1) is 0 Å². The summed E-state index contributed by atoms with van der Waals surface area (Å²) in [4.78, 5) is 18.6. The van der Waals surface area contributed by atoms with Crippen LogP contribution in [0.1, 0.15) is 53.1 Å². The Morgan fingerprint density at radius 1 is 1.25 bits per heavy atom. The minimum Gasteiger partial charge on any atom is -0.488 e. The quantitative estimate of drug-likeness (QED) is 0.722. The Morgan fingerprint density at radius 3 is 2.75 bits per heavy atom. The summed E-state index contributed by atoms with van der Waals surface area (Å²) in [7, 11) is 1.26. The predicted molar refractivity (Wildman–Crippen MR) is 105 cm³/mol. The molecule has 1 atom stereocenters. The molecule has 1 saturated carbocycles. The zero-order chi connectivity index (χ0) is 19.7. The number of rotatable bonds is 5. The topological polar surface area (TPSA) is 51.7 Å². The second-order valence-electron chi connectivity index (χ2n) is 7.66. The normalized spacial score (nSPS) is 19.4. The van der Waals surface area contributed by atoms with Gasteiger partial charge in [0.1, 0.15) is 23.5 Å². The van der Waals surface area contributed by atoms with Gasteiger partial charge in [-0.3, -0.25) is 0 Å². The summed E-state index contributed by atoms with van der Waals surface area (Å²) in [6.07, 6.45) is 5.79. The van der Waals surface area contributed by atoms with Crippen LogP contribution in [-0.4, -0.2) is 37.3 Å². The van der Waals surface area contributed by atoms with Crippen LogP contribution in [0.15, 0.2) is 30.5 Å². The fraction of sp³-hybridized carbons (Fsp3) is 0.455. The minimum absolute atomic E-state index is 0.0223. The van der Waals surface area contributed by atoms with E-state index in [1.54, 1.807) is 6.07 Å². The van der Waals surface area contributed by atoms with Gasteiger partial charge in [0.05, 0.1) is 19.2 Å². The number of benzene rings is 1. The number of halogens is 1. The van der Waals surface area contributed by atoms with Gasteiger partial charge in [-0.1, -0.05) is 6.07 Å². The number of piperidine rings is 1. The molecule has 1 aromatic heterocycles. The second kappa shape index (κ2) is 7.78. The van der Waals surface area contributed by atoms with E-state index < -0.39 is 11.8 Å². The van der Waals surface area contributed by atoms with Gasteiger partial charge in [0.2, 0.25) is 0 Å². The fourth-order valence-electron chi connectivity index (χ4n) is 3.72. The molecular formula is C22H25FN2O3. The number of esters is 1. The standard InChI is InChI=1S/C22H25FN2O3/c1-14-5-8-21(24-12-14)25-9-3-4-16(13-25)28-20-11-19(23)18(22(26)27-2)10-17(20)15-6-7-15/h5,8,10-12,15-16H,3-4,6-7,9,13H2,1-2H3/t16-/m1/s1. The third-order valence-electron chi connectivity index (χ3n) is 5.41. The van der Waals surface area contributed by atoms with Crippen molar-refractivity contribution < 1.29 is 18.7 Å². The molecule has 0 N–H and O–H groups in total. The Kier molecular flexibility index (Phi) is 5.20. The van der Waals surface area contributed by atoms with Crippen LogP contribution in [0.5, 0.6) is 5.75 Å². The molecule has 0 amide bonds. The molecule has 0 radical (unpaired) electrons. The summed E-state index contributed by atoms with van der Waals surface area (Å²) in [5.74, 6) is 0.571. The summed E-state index contributed by atoms with van der Waals surface area (Å²) in [6.45, 7) is 3.66. The maximum atomic E-state index is 14.5. The van der Waals surface area contributed by atoms with Crippen molar-refractivity contribution in [2.24, 2.45) is 0 Å². The lowest BCUT2D eigenvalue weighted by Crippen LogP contribution is -2.41. The first-order valence-corrected chi connectivity index (χ1v) is 9.81. The molecule has 2 heterocycles. The number of carbonyl (C=O) groups excluding carboxylic acids is 1. The lowest BCUT2D eigenvalue weighted by molar-refractivity contribution is 0.0595. The van der Waals surface area contributed by atoms with Crippen LogP contribution in [0.3, 0.4) is 0 Å². The van der Waals surface area contributed by atoms with Crippen LogP contribution in [0.4, 0.5) is 10.2 Å². The largest absolute Gasteiger partial charge is 0.488 e. The van der Waals surface area contributed by atoms with Gasteiger partial charge in [0, 0.05) is 18.8 Å². The highest BCUT2D eigenvalue weighted by Crippen LogP contribution is 2.45. The number of ether oxygens (including phenoxy) is 2. The molecule has 2 fully saturated rings. The van der Waals surface area contributed by atoms with E-state index in [1.165, 1.54) is 13.2 Å². The molecule has 1 aliphatic carbocycles. The molecule has 2 aliphatic rings. The van der Waals surface area contributed by atoms with Crippen LogP contribution in [-0.2, 0) is 4.74 Å². The Labute approximate surface area is 164 Å². The number of aromatic nitrogens is 1. The molecule has 2 aromatic rings. The first-order chi connectivity index (χ1) is 13.5. The van der Waals surface area contributed by atoms with Gasteiger partial charge in [0.25, 0.3) is 0 Å². The van der Waals surface area contributed by atoms with Gasteiger partial charge in [-0.05, 0) is 61.8 Å². The van der Waals surface area contributed by atoms with Crippen LogP contribution >= 0.6 is 0 Å². The molecule has 0 unspecified atom stereocenters. The van der Waals surface area contributed by atoms with Crippen molar-refractivity contribution in [2.45, 2.75) is 44.6 Å². The number of anilines is 1. The molecule has 0 spiro atoms. The average Bonchev–Trinajstić information content (AvgIpc) is 3.53. The zero-order valence-corrected chi connectivity index (χ0v) is 16.3. The van der Waals surface area contributed by atoms with Crippen LogP contribution < -0.4 is 9.64 Å². The number of nitrogens with zero attached hydrogens (tertiary/aromatic N) is 2. The molecule has 0 bridgehead atoms. The first kappa shape index (κ1) is 18.7. The number of aryl methyl sites for hydroxylation is 1. The molecule has 4 rings (SSSR count). The second-order valence-corrected chi connectivity index (χ2v) is 7.66. The van der Waals surface area contributed by atoms with Crippen molar-refractivity contribution in [3.63, 3.8) is 0 Å². The zero-order valence-electron chi connectivity index (χ0n) is 16.3. The van der Waals surface area contributed by atoms with Gasteiger partial charge in [-0.2, -0.15) is 0 Å². The molecule has 6 heteroatoms. The van der Waals surface area contributed by atoms with Crippen molar-refractivity contribution in [3.05, 3.63) is 53.0 Å². The van der Waals surface area contributed by atoms with Gasteiger partial charge < -0.3 is 14.4 Å². The number of pyridine rings is 1. The van der Waals surface area contributed by atoms with Crippen molar-refractivity contribution >= 4 is 11.8 Å². The van der Waals surface area contributed by atoms with Gasteiger partial charge in [-0.25, -0.2) is 14.2 Å². The van der Waals surface area contributed by atoms with E-state index in [-0.39, 0.29) is 11.7 Å². The number of methoxy groups -OCH3 is 1. The number of hydrogen-bond donors (Lipinski definition) is 0. The Hall–Kier alpha value is -2.63. The monoisotopic (exact) mass is 384 g/mol. The van der Waals surface area contributed by atoms with Gasteiger partial charge in [0.15, 0.2) is 0 Å². The highest BCUT2D eigenvalue weighted by Gasteiger charge is 2.31. The maximum Gasteiger partial charge on any atom is 0.340 e. The number of carbonyl (C=O) groups is 1. The van der Waals surface area contributed by atoms with Crippen LogP contribution in [0.2, 0.25) is 0 Å². The van der Waals surface area contributed by atoms with Crippen molar-refractivity contribution in [2.75, 3.05) is 25.1 Å². The lowest BCUT2D eigenvalue weighted by atomic mass is 10.0. The fourth-order valence-corrected chi connectivity index (χ4v) is 3.72. The van der Waals surface area contributed by atoms with E-state index in [2.05, 4.69) is 16.0 Å². The highest BCUT2D eigenvalue weighted by atomic mass is 19.1. The minimum atomic E-state index is -0.653. The summed E-state index contributed by atoms with van der Waals surface area (Å²) in [5.41, 5.74) is 2.02. The molecule has 1 aliphatic heterocycles. The van der Waals surface area contributed by atoms with Crippen LogP contribution in [0.25, 0.3) is 0 Å². The summed E-state index contributed by atoms with van der Waals surface area (Å²) >= 11 is 0. The van der Waals surface area contributed by atoms with E-state index in [4.69, 9.17) is 9.47 Å². The Balaban J connectivity index is 1.54.